The van der Waals surface area contributed by atoms with Gasteiger partial charge in [-0.3, -0.25) is 0 Å². The monoisotopic (exact) mass is 223 g/mol. The molecule has 0 aromatic heterocycles. The highest BCUT2D eigenvalue weighted by molar-refractivity contribution is 7.91. The minimum atomic E-state index is -2.65. The Morgan fingerprint density at radius 1 is 0.923 bits per heavy atom. The van der Waals surface area contributed by atoms with Crippen molar-refractivity contribution >= 4 is 22.2 Å². The van der Waals surface area contributed by atoms with Crippen LogP contribution in [0, 0.1) is 23.7 Å². The van der Waals surface area contributed by atoms with Crippen LogP contribution in [0.5, 0.6) is 0 Å². The zero-order valence-corrected chi connectivity index (χ0v) is 8.90. The van der Waals surface area contributed by atoms with Gasteiger partial charge in [0.1, 0.15) is 0 Å². The maximum Gasteiger partial charge on any atom is 0.150 e. The molecule has 0 radical (unpaired) electrons. The van der Waals surface area contributed by atoms with Crippen molar-refractivity contribution < 1.29 is 8.42 Å². The van der Waals surface area contributed by atoms with Gasteiger partial charge < -0.3 is 5.32 Å². The minimum absolute atomic E-state index is 0. The first kappa shape index (κ1) is 9.74. The van der Waals surface area contributed by atoms with Gasteiger partial charge in [-0.2, -0.15) is 0 Å². The van der Waals surface area contributed by atoms with Crippen molar-refractivity contribution in [2.75, 3.05) is 24.6 Å². The summed E-state index contributed by atoms with van der Waals surface area (Å²) in [7, 11) is -2.65. The molecule has 3 rings (SSSR count). The maximum atomic E-state index is 11.3. The summed E-state index contributed by atoms with van der Waals surface area (Å²) < 4.78 is 22.6. The smallest absolute Gasteiger partial charge is 0.150 e. The van der Waals surface area contributed by atoms with Crippen LogP contribution in [0.1, 0.15) is 0 Å². The van der Waals surface area contributed by atoms with Crippen LogP contribution in [0.4, 0.5) is 0 Å². The van der Waals surface area contributed by atoms with Gasteiger partial charge in [-0.1, -0.05) is 0 Å². The van der Waals surface area contributed by atoms with Crippen LogP contribution in [-0.2, 0) is 9.84 Å². The molecule has 1 aliphatic carbocycles. The Labute approximate surface area is 84.6 Å². The number of hydrogen-bond acceptors (Lipinski definition) is 3. The van der Waals surface area contributed by atoms with Crippen molar-refractivity contribution in [2.45, 2.75) is 0 Å². The van der Waals surface area contributed by atoms with Crippen molar-refractivity contribution in [3.05, 3.63) is 0 Å². The van der Waals surface area contributed by atoms with Crippen molar-refractivity contribution in [1.82, 2.24) is 5.32 Å². The summed E-state index contributed by atoms with van der Waals surface area (Å²) in [6.45, 7) is 2.11. The summed E-state index contributed by atoms with van der Waals surface area (Å²) in [6, 6.07) is 0. The number of hydrogen-bond donors (Lipinski definition) is 1. The molecule has 0 unspecified atom stereocenters. The van der Waals surface area contributed by atoms with Crippen LogP contribution in [0.15, 0.2) is 0 Å². The predicted octanol–water partition coefficient (Wildman–Crippen LogP) is -0.0818. The van der Waals surface area contributed by atoms with Gasteiger partial charge >= 0.3 is 0 Å². The lowest BCUT2D eigenvalue weighted by molar-refractivity contribution is 0.0629. The molecule has 76 valence electrons. The topological polar surface area (TPSA) is 46.2 Å². The van der Waals surface area contributed by atoms with Crippen LogP contribution in [0.3, 0.4) is 0 Å². The Balaban J connectivity index is 0.000000653. The first-order chi connectivity index (χ1) is 5.67. The Morgan fingerprint density at radius 3 is 1.85 bits per heavy atom. The SMILES string of the molecule is Cl.O=S1(=O)C[C@@H]2[C@H]3CNC[C@H]3[C@@H]2C1. The predicted molar refractivity (Wildman–Crippen MR) is 52.7 cm³/mol. The second kappa shape index (κ2) is 2.84. The van der Waals surface area contributed by atoms with E-state index in [1.165, 1.54) is 0 Å². The van der Waals surface area contributed by atoms with E-state index in [1.807, 2.05) is 0 Å². The Kier molecular flexibility index (Phi) is 2.13. The lowest BCUT2D eigenvalue weighted by Gasteiger charge is -2.43. The molecule has 0 bridgehead atoms. The number of fused-ring (bicyclic) bond motifs is 4. The number of rotatable bonds is 0. The molecule has 0 spiro atoms. The summed E-state index contributed by atoms with van der Waals surface area (Å²) in [5.41, 5.74) is 0. The van der Waals surface area contributed by atoms with Crippen molar-refractivity contribution in [2.24, 2.45) is 23.7 Å². The Morgan fingerprint density at radius 2 is 1.38 bits per heavy atom. The van der Waals surface area contributed by atoms with Gasteiger partial charge in [0.05, 0.1) is 11.5 Å². The molecule has 3 fully saturated rings. The van der Waals surface area contributed by atoms with E-state index >= 15 is 0 Å². The van der Waals surface area contributed by atoms with Gasteiger partial charge in [-0.25, -0.2) is 8.42 Å². The molecule has 2 saturated heterocycles. The first-order valence-electron chi connectivity index (χ1n) is 4.58. The van der Waals surface area contributed by atoms with Gasteiger partial charge in [0.2, 0.25) is 0 Å². The lowest BCUT2D eigenvalue weighted by Crippen LogP contribution is -2.44. The van der Waals surface area contributed by atoms with E-state index in [1.54, 1.807) is 0 Å². The molecule has 2 aliphatic heterocycles. The highest BCUT2D eigenvalue weighted by Gasteiger charge is 2.58. The quantitative estimate of drug-likeness (QED) is 0.625. The van der Waals surface area contributed by atoms with E-state index in [-0.39, 0.29) is 12.4 Å². The van der Waals surface area contributed by atoms with Gasteiger partial charge in [-0.05, 0) is 36.8 Å². The van der Waals surface area contributed by atoms with Crippen LogP contribution >= 0.6 is 12.4 Å². The fraction of sp³-hybridized carbons (Fsp3) is 1.00. The second-order valence-electron chi connectivity index (χ2n) is 4.39. The second-order valence-corrected chi connectivity index (χ2v) is 6.54. The number of nitrogens with one attached hydrogen (secondary N) is 1. The van der Waals surface area contributed by atoms with Gasteiger partial charge in [0, 0.05) is 0 Å². The van der Waals surface area contributed by atoms with Crippen LogP contribution in [0.25, 0.3) is 0 Å². The summed E-state index contributed by atoms with van der Waals surface area (Å²) in [5, 5.41) is 3.35. The molecule has 2 heterocycles. The summed E-state index contributed by atoms with van der Waals surface area (Å²) >= 11 is 0. The third kappa shape index (κ3) is 1.22. The molecular formula is C8H14ClNO2S. The standard InChI is InChI=1S/C8H13NO2S.ClH/c10-12(11)3-7-5-1-9-2-6(5)8(7)4-12;/h5-9H,1-4H2;1H/t5-,6+,7+,8-;. The molecule has 4 atom stereocenters. The zero-order valence-electron chi connectivity index (χ0n) is 7.27. The third-order valence-electron chi connectivity index (χ3n) is 3.85. The molecule has 0 aromatic rings. The van der Waals surface area contributed by atoms with Crippen LogP contribution in [0.2, 0.25) is 0 Å². The van der Waals surface area contributed by atoms with E-state index in [0.29, 0.717) is 35.2 Å². The van der Waals surface area contributed by atoms with Crippen molar-refractivity contribution in [1.29, 1.82) is 0 Å². The molecule has 0 aromatic carbocycles. The average Bonchev–Trinajstić information content (AvgIpc) is 2.49. The van der Waals surface area contributed by atoms with E-state index in [2.05, 4.69) is 5.32 Å². The maximum absolute atomic E-state index is 11.3. The molecular weight excluding hydrogens is 210 g/mol. The van der Waals surface area contributed by atoms with Crippen molar-refractivity contribution in [3.63, 3.8) is 0 Å². The fourth-order valence-corrected chi connectivity index (χ4v) is 5.59. The normalized spacial score (nSPS) is 50.2. The summed E-state index contributed by atoms with van der Waals surface area (Å²) in [5.74, 6) is 3.34. The molecule has 1 N–H and O–H groups in total. The lowest BCUT2D eigenvalue weighted by atomic mass is 9.60. The van der Waals surface area contributed by atoms with Crippen LogP contribution < -0.4 is 5.32 Å². The van der Waals surface area contributed by atoms with E-state index in [4.69, 9.17) is 0 Å². The van der Waals surface area contributed by atoms with Gasteiger partial charge in [0.15, 0.2) is 9.84 Å². The summed E-state index contributed by atoms with van der Waals surface area (Å²) in [6.07, 6.45) is 0. The summed E-state index contributed by atoms with van der Waals surface area (Å²) in [4.78, 5) is 0. The van der Waals surface area contributed by atoms with Crippen molar-refractivity contribution in [3.8, 4) is 0 Å². The molecule has 3 nitrogen and oxygen atoms in total. The highest BCUT2D eigenvalue weighted by atomic mass is 35.5. The molecule has 1 saturated carbocycles. The molecule has 3 aliphatic rings. The minimum Gasteiger partial charge on any atom is -0.316 e. The third-order valence-corrected chi connectivity index (χ3v) is 5.64. The largest absolute Gasteiger partial charge is 0.316 e. The van der Waals surface area contributed by atoms with E-state index in [9.17, 15) is 8.42 Å². The number of halogens is 1. The highest BCUT2D eigenvalue weighted by Crippen LogP contribution is 2.52. The van der Waals surface area contributed by atoms with Gasteiger partial charge in [0.25, 0.3) is 0 Å². The zero-order chi connectivity index (χ0) is 8.34. The molecule has 5 heteroatoms. The molecule has 0 amide bonds. The van der Waals surface area contributed by atoms with E-state index in [0.717, 1.165) is 13.1 Å². The average molecular weight is 224 g/mol. The first-order valence-corrected chi connectivity index (χ1v) is 6.41. The Hall–Kier alpha value is 0.200. The Bertz CT molecular complexity index is 292. The van der Waals surface area contributed by atoms with Gasteiger partial charge in [-0.15, -0.1) is 12.4 Å². The number of sulfone groups is 1. The van der Waals surface area contributed by atoms with Crippen LogP contribution in [-0.4, -0.2) is 33.0 Å². The fourth-order valence-electron chi connectivity index (χ4n) is 3.30. The molecule has 13 heavy (non-hydrogen) atoms. The van der Waals surface area contributed by atoms with E-state index < -0.39 is 9.84 Å².